The number of nitrogens with one attached hydrogen (secondary N) is 4. The summed E-state index contributed by atoms with van der Waals surface area (Å²) in [7, 11) is 2.50. The van der Waals surface area contributed by atoms with Crippen LogP contribution in [-0.4, -0.2) is 50.1 Å². The van der Waals surface area contributed by atoms with Gasteiger partial charge in [0, 0.05) is 11.1 Å². The summed E-state index contributed by atoms with van der Waals surface area (Å²) >= 11 is 0. The first kappa shape index (κ1) is 24.5. The maximum atomic E-state index is 12.8. The maximum Gasteiger partial charge on any atom is 0.324 e. The van der Waals surface area contributed by atoms with Crippen molar-refractivity contribution in [2.75, 3.05) is 14.2 Å². The molecule has 0 fully saturated rings. The van der Waals surface area contributed by atoms with Crippen LogP contribution in [0.4, 0.5) is 0 Å². The van der Waals surface area contributed by atoms with Gasteiger partial charge in [0.15, 0.2) is 0 Å². The van der Waals surface area contributed by atoms with Gasteiger partial charge in [0.1, 0.15) is 12.1 Å². The van der Waals surface area contributed by atoms with Crippen molar-refractivity contribution >= 4 is 23.8 Å². The topological polar surface area (TPSA) is 135 Å². The molecular weight excluding hydrogens is 416 g/mol. The second kappa shape index (κ2) is 11.6. The average Bonchev–Trinajstić information content (AvgIpc) is 2.84. The molecule has 0 heterocycles. The molecule has 2 amide bonds. The van der Waals surface area contributed by atoms with Crippen LogP contribution in [0.15, 0.2) is 48.5 Å². The first-order valence-electron chi connectivity index (χ1n) is 9.76. The van der Waals surface area contributed by atoms with Crippen LogP contribution < -0.4 is 21.7 Å². The van der Waals surface area contributed by atoms with Gasteiger partial charge in [-0.05, 0) is 37.1 Å². The molecule has 32 heavy (non-hydrogen) atoms. The number of hydrogen-bond donors (Lipinski definition) is 4. The first-order valence-corrected chi connectivity index (χ1v) is 9.76. The van der Waals surface area contributed by atoms with Crippen LogP contribution in [-0.2, 0) is 19.1 Å². The normalized spacial score (nSPS) is 12.2. The Hall–Kier alpha value is -3.76. The van der Waals surface area contributed by atoms with E-state index in [0.717, 1.165) is 0 Å². The van der Waals surface area contributed by atoms with E-state index in [4.69, 9.17) is 0 Å². The van der Waals surface area contributed by atoms with Gasteiger partial charge in [0.05, 0.1) is 14.2 Å². The van der Waals surface area contributed by atoms with E-state index in [2.05, 4.69) is 31.2 Å². The smallest absolute Gasteiger partial charge is 0.324 e. The fraction of sp³-hybridized carbons (Fsp3) is 0.273. The Morgan fingerprint density at radius 2 is 1.00 bits per heavy atom. The quantitative estimate of drug-likeness (QED) is 0.333. The Morgan fingerprint density at radius 1 is 0.656 bits per heavy atom. The predicted molar refractivity (Wildman–Crippen MR) is 116 cm³/mol. The minimum absolute atomic E-state index is 0.285. The summed E-state index contributed by atoms with van der Waals surface area (Å²) in [6.07, 6.45) is 0. The van der Waals surface area contributed by atoms with E-state index >= 15 is 0 Å². The van der Waals surface area contributed by atoms with Crippen LogP contribution in [0.25, 0.3) is 11.1 Å². The van der Waals surface area contributed by atoms with Crippen LogP contribution in [0.3, 0.4) is 0 Å². The van der Waals surface area contributed by atoms with Crippen molar-refractivity contribution in [3.63, 3.8) is 0 Å². The van der Waals surface area contributed by atoms with Gasteiger partial charge in [-0.25, -0.2) is 10.9 Å². The Morgan fingerprint density at radius 3 is 1.34 bits per heavy atom. The molecule has 0 saturated carbocycles. The SMILES string of the molecule is COC(=O)[C@H](C)NNC(=O)c1ccccc1-c1ccccc1C(=O)NN[C@@H](C)C(=O)OC. The van der Waals surface area contributed by atoms with E-state index in [-0.39, 0.29) is 11.1 Å². The van der Waals surface area contributed by atoms with Crippen molar-refractivity contribution in [1.29, 1.82) is 0 Å². The summed E-state index contributed by atoms with van der Waals surface area (Å²) in [6.45, 7) is 3.08. The zero-order valence-electron chi connectivity index (χ0n) is 18.2. The number of rotatable bonds is 9. The Labute approximate surface area is 185 Å². The zero-order chi connectivity index (χ0) is 23.7. The van der Waals surface area contributed by atoms with E-state index in [0.29, 0.717) is 11.1 Å². The molecule has 10 nitrogen and oxygen atoms in total. The molecule has 0 radical (unpaired) electrons. The molecular formula is C22H26N4O6. The number of ether oxygens (including phenoxy) is 2. The molecule has 2 rings (SSSR count). The number of hydrogen-bond acceptors (Lipinski definition) is 8. The lowest BCUT2D eigenvalue weighted by Gasteiger charge is -2.17. The molecule has 0 aliphatic rings. The monoisotopic (exact) mass is 442 g/mol. The molecule has 0 bridgehead atoms. The van der Waals surface area contributed by atoms with E-state index in [9.17, 15) is 19.2 Å². The molecule has 0 aliphatic heterocycles. The molecule has 2 atom stereocenters. The molecule has 4 N–H and O–H groups in total. The number of esters is 2. The Balaban J connectivity index is 2.26. The van der Waals surface area contributed by atoms with E-state index in [1.807, 2.05) is 0 Å². The zero-order valence-corrected chi connectivity index (χ0v) is 18.2. The highest BCUT2D eigenvalue weighted by Crippen LogP contribution is 2.27. The van der Waals surface area contributed by atoms with E-state index < -0.39 is 35.8 Å². The van der Waals surface area contributed by atoms with Crippen molar-refractivity contribution in [3.8, 4) is 11.1 Å². The highest BCUT2D eigenvalue weighted by molar-refractivity contribution is 6.06. The second-order valence-corrected chi connectivity index (χ2v) is 6.78. The third-order valence-electron chi connectivity index (χ3n) is 4.55. The highest BCUT2D eigenvalue weighted by atomic mass is 16.5. The van der Waals surface area contributed by atoms with Crippen molar-refractivity contribution < 1.29 is 28.7 Å². The van der Waals surface area contributed by atoms with Crippen LogP contribution in [0.2, 0.25) is 0 Å². The van der Waals surface area contributed by atoms with Gasteiger partial charge in [-0.15, -0.1) is 0 Å². The minimum atomic E-state index is -0.753. The van der Waals surface area contributed by atoms with Crippen LogP contribution in [0, 0.1) is 0 Å². The summed E-state index contributed by atoms with van der Waals surface area (Å²) in [5.74, 6) is -2.06. The van der Waals surface area contributed by atoms with Crippen molar-refractivity contribution in [1.82, 2.24) is 21.7 Å². The average molecular weight is 442 g/mol. The predicted octanol–water partition coefficient (Wildman–Crippen LogP) is 0.945. The third-order valence-corrected chi connectivity index (χ3v) is 4.55. The molecule has 2 aromatic rings. The van der Waals surface area contributed by atoms with Gasteiger partial charge < -0.3 is 9.47 Å². The Kier molecular flexibility index (Phi) is 8.87. The van der Waals surface area contributed by atoms with Gasteiger partial charge in [0.25, 0.3) is 11.8 Å². The molecule has 170 valence electrons. The first-order chi connectivity index (χ1) is 15.3. The van der Waals surface area contributed by atoms with Crippen molar-refractivity contribution in [2.24, 2.45) is 0 Å². The maximum absolute atomic E-state index is 12.8. The minimum Gasteiger partial charge on any atom is -0.468 e. The van der Waals surface area contributed by atoms with Crippen molar-refractivity contribution in [3.05, 3.63) is 59.7 Å². The van der Waals surface area contributed by atoms with E-state index in [1.165, 1.54) is 14.2 Å². The second-order valence-electron chi connectivity index (χ2n) is 6.78. The van der Waals surface area contributed by atoms with Gasteiger partial charge >= 0.3 is 11.9 Å². The van der Waals surface area contributed by atoms with Gasteiger partial charge in [-0.1, -0.05) is 36.4 Å². The van der Waals surface area contributed by atoms with Gasteiger partial charge in [-0.3, -0.25) is 30.0 Å². The summed E-state index contributed by atoms with van der Waals surface area (Å²) in [6, 6.07) is 11.9. The van der Waals surface area contributed by atoms with Crippen LogP contribution >= 0.6 is 0 Å². The number of amides is 2. The van der Waals surface area contributed by atoms with Crippen molar-refractivity contribution in [2.45, 2.75) is 25.9 Å². The molecule has 0 aliphatic carbocycles. The number of methoxy groups -OCH3 is 2. The molecule has 0 spiro atoms. The lowest BCUT2D eigenvalue weighted by Crippen LogP contribution is -2.47. The summed E-state index contributed by atoms with van der Waals surface area (Å²) in [5.41, 5.74) is 11.7. The van der Waals surface area contributed by atoms with Gasteiger partial charge in [-0.2, -0.15) is 0 Å². The fourth-order valence-electron chi connectivity index (χ4n) is 2.79. The lowest BCUT2D eigenvalue weighted by molar-refractivity contribution is -0.143. The summed E-state index contributed by atoms with van der Waals surface area (Å²) < 4.78 is 9.23. The number of hydrazine groups is 2. The molecule has 2 aromatic carbocycles. The summed E-state index contributed by atoms with van der Waals surface area (Å²) in [4.78, 5) is 48.6. The highest BCUT2D eigenvalue weighted by Gasteiger charge is 2.20. The van der Waals surface area contributed by atoms with Crippen LogP contribution in [0.5, 0.6) is 0 Å². The van der Waals surface area contributed by atoms with Gasteiger partial charge in [0.2, 0.25) is 0 Å². The Bertz CT molecular complexity index is 914. The number of carbonyl (C=O) groups is 4. The standard InChI is InChI=1S/C22H26N4O6/c1-13(21(29)31-3)23-25-19(27)17-11-7-5-9-15(17)16-10-6-8-12-18(16)20(28)26-24-14(2)22(30)32-4/h5-14,23-24H,1-4H3,(H,25,27)(H,26,28)/t13-,14-/m0/s1. The largest absolute Gasteiger partial charge is 0.468 e. The molecule has 0 saturated heterocycles. The lowest BCUT2D eigenvalue weighted by atomic mass is 9.95. The fourth-order valence-corrected chi connectivity index (χ4v) is 2.79. The van der Waals surface area contributed by atoms with E-state index in [1.54, 1.807) is 62.4 Å². The summed E-state index contributed by atoms with van der Waals surface area (Å²) in [5, 5.41) is 0. The molecule has 0 unspecified atom stereocenters. The molecule has 0 aromatic heterocycles. The number of benzene rings is 2. The third kappa shape index (κ3) is 6.13. The number of carbonyl (C=O) groups excluding carboxylic acids is 4. The van der Waals surface area contributed by atoms with Crippen LogP contribution in [0.1, 0.15) is 34.6 Å². The molecule has 10 heteroatoms.